The van der Waals surface area contributed by atoms with Gasteiger partial charge in [-0.15, -0.1) is 0 Å². The van der Waals surface area contributed by atoms with Crippen LogP contribution in [0.5, 0.6) is 0 Å². The van der Waals surface area contributed by atoms with Crippen molar-refractivity contribution in [3.05, 3.63) is 30.3 Å². The third-order valence-electron chi connectivity index (χ3n) is 1.72. The SMILES string of the molecule is CC.CCC(=O)CC.O=[S-](=O)c1ccccc1.[Na+]. The number of rotatable bonds is 3. The maximum absolute atomic E-state index is 10.2. The summed E-state index contributed by atoms with van der Waals surface area (Å²) in [6.45, 7) is 7.76. The minimum absolute atomic E-state index is 0. The number of Topliss-reactive ketones (excluding diaryl/α,β-unsaturated/α-hetero) is 1. The standard InChI is InChI=1S/C6H5O2S.C5H10O.C2H6.Na/c7-9(8)6-4-2-1-3-5-6;1-3-5(6)4-2;1-2;/h1-5H;3-4H2,1-2H3;1-2H3;/q-1;;;+1. The van der Waals surface area contributed by atoms with E-state index in [9.17, 15) is 13.2 Å². The Morgan fingerprint density at radius 3 is 1.56 bits per heavy atom. The second-order valence-electron chi connectivity index (χ2n) is 2.79. The van der Waals surface area contributed by atoms with Crippen molar-refractivity contribution in [1.82, 2.24) is 0 Å². The Labute approximate surface area is 134 Å². The fourth-order valence-corrected chi connectivity index (χ4v) is 1.16. The number of ketones is 1. The minimum atomic E-state index is -2.08. The predicted octanol–water partition coefficient (Wildman–Crippen LogP) is 0.760. The van der Waals surface area contributed by atoms with Crippen LogP contribution in [0.1, 0.15) is 40.5 Å². The number of hydrogen-bond donors (Lipinski definition) is 0. The van der Waals surface area contributed by atoms with Crippen LogP contribution in [0.15, 0.2) is 35.2 Å². The van der Waals surface area contributed by atoms with E-state index in [1.807, 2.05) is 27.7 Å². The Hall–Kier alpha value is -0.160. The molecule has 0 aliphatic rings. The third-order valence-corrected chi connectivity index (χ3v) is 2.38. The molecule has 1 rings (SSSR count). The summed E-state index contributed by atoms with van der Waals surface area (Å²) in [5, 5.41) is 0. The molecule has 0 heterocycles. The van der Waals surface area contributed by atoms with Crippen LogP contribution in [0.4, 0.5) is 0 Å². The van der Waals surface area contributed by atoms with E-state index in [2.05, 4.69) is 0 Å². The van der Waals surface area contributed by atoms with Gasteiger partial charge in [0, 0.05) is 12.8 Å². The van der Waals surface area contributed by atoms with E-state index in [4.69, 9.17) is 0 Å². The van der Waals surface area contributed by atoms with E-state index in [0.717, 1.165) is 0 Å². The Morgan fingerprint density at radius 1 is 1.00 bits per heavy atom. The zero-order valence-corrected chi connectivity index (χ0v) is 14.8. The summed E-state index contributed by atoms with van der Waals surface area (Å²) < 4.78 is 20.4. The summed E-state index contributed by atoms with van der Waals surface area (Å²) in [5.74, 6) is 0.343. The molecule has 0 aromatic heterocycles. The molecule has 1 aromatic rings. The van der Waals surface area contributed by atoms with E-state index in [1.54, 1.807) is 30.3 Å². The Bertz CT molecular complexity index is 348. The Balaban J connectivity index is -0.000000222. The average Bonchev–Trinajstić information content (AvgIpc) is 2.41. The van der Waals surface area contributed by atoms with Gasteiger partial charge in [-0.1, -0.05) is 62.9 Å². The molecule has 0 aliphatic carbocycles. The van der Waals surface area contributed by atoms with E-state index >= 15 is 0 Å². The third kappa shape index (κ3) is 13.9. The molecule has 5 heteroatoms. The monoisotopic (exact) mass is 280 g/mol. The van der Waals surface area contributed by atoms with Crippen LogP contribution >= 0.6 is 0 Å². The quantitative estimate of drug-likeness (QED) is 0.607. The normalized spacial score (nSPS) is 8.06. The molecule has 18 heavy (non-hydrogen) atoms. The molecule has 0 amide bonds. The fraction of sp³-hybridized carbons (Fsp3) is 0.462. The topological polar surface area (TPSA) is 51.2 Å². The maximum Gasteiger partial charge on any atom is 1.00 e. The molecule has 98 valence electrons. The molecule has 0 bridgehead atoms. The van der Waals surface area contributed by atoms with E-state index in [0.29, 0.717) is 23.5 Å². The minimum Gasteiger partial charge on any atom is -0.420 e. The van der Waals surface area contributed by atoms with Gasteiger partial charge < -0.3 is 8.42 Å². The van der Waals surface area contributed by atoms with Crippen molar-refractivity contribution in [2.75, 3.05) is 0 Å². The number of benzene rings is 1. The molecular formula is C13H21NaO3S. The van der Waals surface area contributed by atoms with Crippen LogP contribution in [0.25, 0.3) is 0 Å². The van der Waals surface area contributed by atoms with E-state index in [1.165, 1.54) is 0 Å². The van der Waals surface area contributed by atoms with E-state index in [-0.39, 0.29) is 29.6 Å². The number of carbonyl (C=O) groups is 1. The largest absolute Gasteiger partial charge is 1.00 e. The van der Waals surface area contributed by atoms with Crippen LogP contribution in [0.2, 0.25) is 0 Å². The first kappa shape index (κ1) is 23.0. The van der Waals surface area contributed by atoms with Crippen LogP contribution in [-0.4, -0.2) is 5.78 Å². The van der Waals surface area contributed by atoms with Gasteiger partial charge in [0.05, 0.1) is 0 Å². The summed E-state index contributed by atoms with van der Waals surface area (Å²) >= 11 is 0. The van der Waals surface area contributed by atoms with Gasteiger partial charge in [0.1, 0.15) is 5.78 Å². The van der Waals surface area contributed by atoms with Crippen LogP contribution in [-0.2, 0) is 23.9 Å². The molecule has 0 saturated carbocycles. The van der Waals surface area contributed by atoms with Crippen molar-refractivity contribution >= 4 is 16.5 Å². The molecule has 0 N–H and O–H groups in total. The molecule has 0 unspecified atom stereocenters. The van der Waals surface area contributed by atoms with Crippen molar-refractivity contribution in [2.24, 2.45) is 0 Å². The van der Waals surface area contributed by atoms with Crippen molar-refractivity contribution in [3.63, 3.8) is 0 Å². The van der Waals surface area contributed by atoms with Gasteiger partial charge in [0.2, 0.25) is 0 Å². The van der Waals surface area contributed by atoms with Crippen LogP contribution in [0.3, 0.4) is 0 Å². The second kappa shape index (κ2) is 16.8. The number of carbonyl (C=O) groups excluding carboxylic acids is 1. The molecule has 1 aromatic carbocycles. The van der Waals surface area contributed by atoms with Gasteiger partial charge in [0.15, 0.2) is 0 Å². The summed E-state index contributed by atoms with van der Waals surface area (Å²) in [4.78, 5) is 10.5. The van der Waals surface area contributed by atoms with Gasteiger partial charge in [0.25, 0.3) is 0 Å². The van der Waals surface area contributed by atoms with Gasteiger partial charge in [-0.2, -0.15) is 0 Å². The van der Waals surface area contributed by atoms with Crippen LogP contribution in [0, 0.1) is 0 Å². The first-order valence-corrected chi connectivity index (χ1v) is 6.85. The maximum atomic E-state index is 10.2. The summed E-state index contributed by atoms with van der Waals surface area (Å²) in [6.07, 6.45) is 1.38. The molecule has 0 aliphatic heterocycles. The first-order valence-electron chi connectivity index (χ1n) is 5.77. The first-order chi connectivity index (χ1) is 8.11. The molecule has 3 nitrogen and oxygen atoms in total. The molecule has 0 fully saturated rings. The van der Waals surface area contributed by atoms with Gasteiger partial charge in [-0.3, -0.25) is 4.79 Å². The molecule has 0 spiro atoms. The smallest absolute Gasteiger partial charge is 0.420 e. The van der Waals surface area contributed by atoms with Crippen LogP contribution < -0.4 is 29.6 Å². The fourth-order valence-electron chi connectivity index (χ4n) is 0.782. The van der Waals surface area contributed by atoms with Gasteiger partial charge in [-0.25, -0.2) is 0 Å². The molecule has 0 atom stereocenters. The summed E-state index contributed by atoms with van der Waals surface area (Å²) in [7, 11) is -2.08. The Kier molecular flexibility index (Phi) is 21.5. The Morgan fingerprint density at radius 2 is 1.39 bits per heavy atom. The summed E-state index contributed by atoms with van der Waals surface area (Å²) in [5.41, 5.74) is 0. The van der Waals surface area contributed by atoms with E-state index < -0.39 is 10.7 Å². The zero-order valence-electron chi connectivity index (χ0n) is 11.9. The molecule has 0 radical (unpaired) electrons. The molecule has 0 saturated heterocycles. The molecular weight excluding hydrogens is 259 g/mol. The van der Waals surface area contributed by atoms with Crippen molar-refractivity contribution in [3.8, 4) is 0 Å². The van der Waals surface area contributed by atoms with Crippen molar-refractivity contribution in [1.29, 1.82) is 0 Å². The summed E-state index contributed by atoms with van der Waals surface area (Å²) in [6, 6.07) is 8.23. The van der Waals surface area contributed by atoms with Crippen molar-refractivity contribution in [2.45, 2.75) is 45.4 Å². The van der Waals surface area contributed by atoms with Gasteiger partial charge in [-0.05, 0) is 10.7 Å². The number of hydrogen-bond acceptors (Lipinski definition) is 4. The van der Waals surface area contributed by atoms with Crippen molar-refractivity contribution < 1.29 is 42.8 Å². The van der Waals surface area contributed by atoms with Gasteiger partial charge >= 0.3 is 29.6 Å². The zero-order chi connectivity index (χ0) is 13.7. The second-order valence-corrected chi connectivity index (χ2v) is 3.73. The average molecular weight is 280 g/mol. The predicted molar refractivity (Wildman–Crippen MR) is 70.4 cm³/mol.